The zero-order chi connectivity index (χ0) is 38.9. The maximum absolute atomic E-state index is 14.4. The molecule has 5 rings (SSSR count). The smallest absolute Gasteiger partial charge is 0.408 e. The first-order valence-corrected chi connectivity index (χ1v) is 19.4. The van der Waals surface area contributed by atoms with E-state index in [0.29, 0.717) is 36.0 Å². The number of carbonyl (C=O) groups excluding carboxylic acids is 5. The minimum atomic E-state index is -3.90. The summed E-state index contributed by atoms with van der Waals surface area (Å²) in [4.78, 5) is 73.8. The second-order valence-electron chi connectivity index (χ2n) is 15.2. The number of nitrogens with zero attached hydrogens (tertiary/aromatic N) is 2. The number of rotatable bonds is 14. The molecule has 5 atom stereocenters. The molecule has 4 amide bonds. The molecule has 2 heterocycles. The van der Waals surface area contributed by atoms with Gasteiger partial charge in [0, 0.05) is 24.4 Å². The van der Waals surface area contributed by atoms with Crippen molar-refractivity contribution in [2.45, 2.75) is 115 Å². The summed E-state index contributed by atoms with van der Waals surface area (Å²) in [6.45, 7) is 10.1. The number of sulfonamides is 1. The number of pyridine rings is 1. The number of hydrogen-bond acceptors (Lipinski definition) is 11. The molecule has 2 saturated carbocycles. The number of carbonyl (C=O) groups is 5. The first-order chi connectivity index (χ1) is 24.9. The molecule has 3 N–H and O–H groups in total. The first-order valence-electron chi connectivity index (χ1n) is 17.8. The summed E-state index contributed by atoms with van der Waals surface area (Å²) in [5.41, 5.74) is -1.72. The highest BCUT2D eigenvalue weighted by atomic mass is 32.2. The quantitative estimate of drug-likeness (QED) is 0.239. The average molecular weight is 756 g/mol. The van der Waals surface area contributed by atoms with Crippen LogP contribution in [0.3, 0.4) is 0 Å². The van der Waals surface area contributed by atoms with E-state index >= 15 is 0 Å². The lowest BCUT2D eigenvalue weighted by Crippen LogP contribution is -2.58. The molecule has 288 valence electrons. The van der Waals surface area contributed by atoms with Gasteiger partial charge in [-0.05, 0) is 95.5 Å². The van der Waals surface area contributed by atoms with E-state index < -0.39 is 80.6 Å². The molecule has 16 heteroatoms. The molecule has 0 radical (unpaired) electrons. The predicted molar refractivity (Wildman–Crippen MR) is 194 cm³/mol. The highest BCUT2D eigenvalue weighted by Gasteiger charge is 2.62. The van der Waals surface area contributed by atoms with Crippen molar-refractivity contribution in [3.8, 4) is 11.6 Å². The van der Waals surface area contributed by atoms with Crippen LogP contribution in [-0.2, 0) is 33.9 Å². The van der Waals surface area contributed by atoms with Gasteiger partial charge < -0.3 is 29.7 Å². The second-order valence-corrected chi connectivity index (χ2v) is 17.2. The van der Waals surface area contributed by atoms with Crippen molar-refractivity contribution in [3.05, 3.63) is 42.1 Å². The van der Waals surface area contributed by atoms with Crippen LogP contribution in [0.5, 0.6) is 11.6 Å². The fourth-order valence-electron chi connectivity index (χ4n) is 6.61. The second kappa shape index (κ2) is 15.3. The summed E-state index contributed by atoms with van der Waals surface area (Å²) in [6, 6.07) is 4.48. The van der Waals surface area contributed by atoms with E-state index in [1.54, 1.807) is 66.1 Å². The van der Waals surface area contributed by atoms with Gasteiger partial charge >= 0.3 is 6.09 Å². The number of amides is 4. The minimum absolute atomic E-state index is 0.0399. The minimum Gasteiger partial charge on any atom is -0.497 e. The van der Waals surface area contributed by atoms with Crippen molar-refractivity contribution in [1.82, 2.24) is 25.2 Å². The van der Waals surface area contributed by atoms with E-state index in [-0.39, 0.29) is 31.2 Å². The Labute approximate surface area is 309 Å². The fraction of sp³-hybridized carbons (Fsp3) is 0.568. The number of ether oxygens (including phenoxy) is 3. The van der Waals surface area contributed by atoms with Gasteiger partial charge in [0.05, 0.1) is 18.9 Å². The number of benzene rings is 1. The first kappa shape index (κ1) is 39.5. The van der Waals surface area contributed by atoms with Crippen LogP contribution in [0.1, 0.15) is 80.1 Å². The SMILES string of the molecule is CCC1C[C@]1(NC(=O)[C@@H]1C[C@@H](Oc2nccc3cc(OC)ccc23)CN1C(=O)[C@H](CC(=O)C=C(C)C)NC(=O)OC(C)(C)C)C(=O)NS(=O)(=O)C1CC1. The van der Waals surface area contributed by atoms with E-state index in [1.165, 1.54) is 11.0 Å². The summed E-state index contributed by atoms with van der Waals surface area (Å²) in [6.07, 6.45) is 2.34. The summed E-state index contributed by atoms with van der Waals surface area (Å²) in [5.74, 6) is -2.16. The van der Waals surface area contributed by atoms with Gasteiger partial charge in [-0.1, -0.05) is 18.9 Å². The summed E-state index contributed by atoms with van der Waals surface area (Å²) >= 11 is 0. The molecule has 2 aromatic rings. The van der Waals surface area contributed by atoms with Gasteiger partial charge in [-0.25, -0.2) is 18.2 Å². The topological polar surface area (TPSA) is 199 Å². The zero-order valence-corrected chi connectivity index (χ0v) is 32.0. The Hall–Kier alpha value is -4.73. The maximum Gasteiger partial charge on any atom is 0.408 e. The standard InChI is InChI=1S/C37H49N5O10S/c1-8-23-19-37(23,34(46)41-53(48,49)27-10-11-27)40-31(44)30-18-26(51-32-28-12-9-25(50-7)16-22(28)13-14-38-32)20-42(30)33(45)29(17-24(43)15-21(2)3)39-35(47)52-36(4,5)6/h9,12-16,23,26-27,29-30H,8,10-11,17-20H2,1-7H3,(H,39,47)(H,40,44)(H,41,46)/t23?,26-,29+,30+,37-/m1/s1. The molecule has 3 aliphatic rings. The zero-order valence-electron chi connectivity index (χ0n) is 31.2. The molecule has 1 aromatic heterocycles. The average Bonchev–Trinajstić information content (AvgIpc) is 3.99. The molecule has 1 saturated heterocycles. The number of fused-ring (bicyclic) bond motifs is 1. The molecular weight excluding hydrogens is 706 g/mol. The van der Waals surface area contributed by atoms with Gasteiger partial charge in [0.2, 0.25) is 27.7 Å². The lowest BCUT2D eigenvalue weighted by atomic mass is 10.1. The third kappa shape index (κ3) is 9.45. The third-order valence-electron chi connectivity index (χ3n) is 9.45. The molecular formula is C37H49N5O10S. The maximum atomic E-state index is 14.4. The van der Waals surface area contributed by atoms with Gasteiger partial charge in [0.15, 0.2) is 5.78 Å². The van der Waals surface area contributed by atoms with Crippen molar-refractivity contribution in [2.75, 3.05) is 13.7 Å². The molecule has 1 aromatic carbocycles. The summed E-state index contributed by atoms with van der Waals surface area (Å²) < 4.78 is 44.7. The van der Waals surface area contributed by atoms with E-state index in [1.807, 2.05) is 13.0 Å². The van der Waals surface area contributed by atoms with Crippen LogP contribution >= 0.6 is 0 Å². The lowest BCUT2D eigenvalue weighted by molar-refractivity contribution is -0.141. The Morgan fingerprint density at radius 1 is 1.11 bits per heavy atom. The van der Waals surface area contributed by atoms with Gasteiger partial charge in [0.25, 0.3) is 5.91 Å². The Morgan fingerprint density at radius 2 is 1.83 bits per heavy atom. The number of alkyl carbamates (subject to hydrolysis) is 1. The summed E-state index contributed by atoms with van der Waals surface area (Å²) in [7, 11) is -2.35. The van der Waals surface area contributed by atoms with Crippen LogP contribution in [0.4, 0.5) is 4.79 Å². The normalized spacial score (nSPS) is 23.0. The Morgan fingerprint density at radius 3 is 2.43 bits per heavy atom. The number of nitrogens with one attached hydrogen (secondary N) is 3. The van der Waals surface area contributed by atoms with E-state index in [0.717, 1.165) is 5.39 Å². The molecule has 0 spiro atoms. The molecule has 3 fully saturated rings. The van der Waals surface area contributed by atoms with Crippen LogP contribution in [0.15, 0.2) is 42.1 Å². The van der Waals surface area contributed by atoms with Crippen LogP contribution in [0, 0.1) is 5.92 Å². The largest absolute Gasteiger partial charge is 0.497 e. The fourth-order valence-corrected chi connectivity index (χ4v) is 7.97. The lowest BCUT2D eigenvalue weighted by Gasteiger charge is -2.30. The number of hydrogen-bond donors (Lipinski definition) is 3. The number of allylic oxidation sites excluding steroid dienone is 2. The number of methoxy groups -OCH3 is 1. The molecule has 15 nitrogen and oxygen atoms in total. The molecule has 0 bridgehead atoms. The van der Waals surface area contributed by atoms with Crippen LogP contribution in [-0.4, -0.2) is 96.1 Å². The van der Waals surface area contributed by atoms with Crippen molar-refractivity contribution >= 4 is 50.4 Å². The highest BCUT2D eigenvalue weighted by Crippen LogP contribution is 2.47. The highest BCUT2D eigenvalue weighted by molar-refractivity contribution is 7.91. The molecule has 1 unspecified atom stereocenters. The van der Waals surface area contributed by atoms with E-state index in [4.69, 9.17) is 14.2 Å². The van der Waals surface area contributed by atoms with Gasteiger partial charge in [-0.3, -0.25) is 23.9 Å². The Bertz CT molecular complexity index is 1920. The molecule has 2 aliphatic carbocycles. The molecule has 1 aliphatic heterocycles. The van der Waals surface area contributed by atoms with E-state index in [9.17, 15) is 32.4 Å². The van der Waals surface area contributed by atoms with E-state index in [2.05, 4.69) is 20.3 Å². The Balaban J connectivity index is 1.46. The van der Waals surface area contributed by atoms with Gasteiger partial charge in [-0.2, -0.15) is 0 Å². The van der Waals surface area contributed by atoms with Crippen LogP contribution in [0.2, 0.25) is 0 Å². The van der Waals surface area contributed by atoms with Crippen LogP contribution < -0.4 is 24.8 Å². The van der Waals surface area contributed by atoms with Crippen molar-refractivity contribution in [1.29, 1.82) is 0 Å². The summed E-state index contributed by atoms with van der Waals surface area (Å²) in [5, 5.41) is 6.11. The van der Waals surface area contributed by atoms with Crippen LogP contribution in [0.25, 0.3) is 10.8 Å². The number of aromatic nitrogens is 1. The van der Waals surface area contributed by atoms with Crippen molar-refractivity contribution in [3.63, 3.8) is 0 Å². The number of likely N-dealkylation sites (tertiary alicyclic amines) is 1. The third-order valence-corrected chi connectivity index (χ3v) is 11.3. The monoisotopic (exact) mass is 755 g/mol. The van der Waals surface area contributed by atoms with Gasteiger partial charge in [0.1, 0.15) is 35.1 Å². The Kier molecular flexibility index (Phi) is 11.4. The van der Waals surface area contributed by atoms with Gasteiger partial charge in [-0.15, -0.1) is 0 Å². The van der Waals surface area contributed by atoms with Crippen molar-refractivity contribution in [2.24, 2.45) is 5.92 Å². The predicted octanol–water partition coefficient (Wildman–Crippen LogP) is 3.30. The molecule has 53 heavy (non-hydrogen) atoms. The van der Waals surface area contributed by atoms with Crippen molar-refractivity contribution < 1.29 is 46.6 Å². The number of ketones is 1.